The Morgan fingerprint density at radius 3 is 2.12 bits per heavy atom. The van der Waals surface area contributed by atoms with E-state index in [4.69, 9.17) is 0 Å². The number of hydrogen-bond donors (Lipinski definition) is 1. The highest BCUT2D eigenvalue weighted by atomic mass is 79.9. The van der Waals surface area contributed by atoms with E-state index in [0.29, 0.717) is 18.8 Å². The van der Waals surface area contributed by atoms with Crippen LogP contribution in [-0.2, 0) is 10.2 Å². The highest BCUT2D eigenvalue weighted by Crippen LogP contribution is 2.16. The second kappa shape index (κ2) is 5.65. The van der Waals surface area contributed by atoms with Gasteiger partial charge in [0.2, 0.25) is 0 Å². The van der Waals surface area contributed by atoms with Crippen molar-refractivity contribution in [3.63, 3.8) is 0 Å². The highest BCUT2D eigenvalue weighted by molar-refractivity contribution is 9.10. The summed E-state index contributed by atoms with van der Waals surface area (Å²) in [5.41, 5.74) is 0.565. The van der Waals surface area contributed by atoms with Crippen LogP contribution >= 0.6 is 15.9 Å². The Morgan fingerprint density at radius 1 is 1.19 bits per heavy atom. The average Bonchev–Trinajstić information content (AvgIpc) is 2.22. The van der Waals surface area contributed by atoms with E-state index in [1.807, 2.05) is 13.8 Å². The van der Waals surface area contributed by atoms with Gasteiger partial charge in [0.15, 0.2) is 0 Å². The van der Waals surface area contributed by atoms with E-state index in [2.05, 4.69) is 20.7 Å². The maximum Gasteiger partial charge on any atom is 0.301 e. The first-order chi connectivity index (χ1) is 7.49. The molecule has 0 aliphatic heterocycles. The smallest absolute Gasteiger partial charge is 0.271 e. The van der Waals surface area contributed by atoms with Crippen molar-refractivity contribution in [1.29, 1.82) is 0 Å². The first-order valence-corrected chi connectivity index (χ1v) is 7.26. The van der Waals surface area contributed by atoms with Gasteiger partial charge < -0.3 is 0 Å². The molecule has 0 aliphatic carbocycles. The van der Waals surface area contributed by atoms with Crippen molar-refractivity contribution >= 4 is 31.8 Å². The molecule has 0 atom stereocenters. The van der Waals surface area contributed by atoms with Crippen molar-refractivity contribution in [1.82, 2.24) is 4.31 Å². The molecule has 0 aliphatic rings. The van der Waals surface area contributed by atoms with Crippen molar-refractivity contribution < 1.29 is 8.42 Å². The number of nitrogens with zero attached hydrogens (tertiary/aromatic N) is 1. The van der Waals surface area contributed by atoms with Gasteiger partial charge in [-0.15, -0.1) is 0 Å². The molecule has 90 valence electrons. The van der Waals surface area contributed by atoms with Crippen LogP contribution in [-0.4, -0.2) is 25.8 Å². The van der Waals surface area contributed by atoms with Gasteiger partial charge in [-0.1, -0.05) is 29.8 Å². The minimum Gasteiger partial charge on any atom is -0.271 e. The zero-order chi connectivity index (χ0) is 12.2. The summed E-state index contributed by atoms with van der Waals surface area (Å²) in [6.07, 6.45) is 0. The summed E-state index contributed by atoms with van der Waals surface area (Å²) in [6, 6.07) is 7.01. The van der Waals surface area contributed by atoms with Crippen LogP contribution in [0.15, 0.2) is 28.7 Å². The van der Waals surface area contributed by atoms with Gasteiger partial charge in [-0.25, -0.2) is 0 Å². The Morgan fingerprint density at radius 2 is 1.69 bits per heavy atom. The lowest BCUT2D eigenvalue weighted by atomic mass is 10.3. The van der Waals surface area contributed by atoms with Gasteiger partial charge in [0.1, 0.15) is 0 Å². The van der Waals surface area contributed by atoms with Crippen molar-refractivity contribution in [3.8, 4) is 0 Å². The maximum absolute atomic E-state index is 11.9. The molecule has 0 spiro atoms. The maximum atomic E-state index is 11.9. The van der Waals surface area contributed by atoms with Gasteiger partial charge in [0, 0.05) is 23.2 Å². The van der Waals surface area contributed by atoms with E-state index < -0.39 is 10.2 Å². The van der Waals surface area contributed by atoms with E-state index >= 15 is 0 Å². The van der Waals surface area contributed by atoms with Crippen molar-refractivity contribution in [2.75, 3.05) is 17.8 Å². The fourth-order valence-electron chi connectivity index (χ4n) is 1.29. The number of anilines is 1. The molecule has 0 fully saturated rings. The molecule has 0 aromatic heterocycles. The van der Waals surface area contributed by atoms with E-state index in [9.17, 15) is 8.42 Å². The lowest BCUT2D eigenvalue weighted by molar-refractivity contribution is 0.449. The largest absolute Gasteiger partial charge is 0.301 e. The summed E-state index contributed by atoms with van der Waals surface area (Å²) in [6.45, 7) is 4.54. The monoisotopic (exact) mass is 306 g/mol. The van der Waals surface area contributed by atoms with E-state index in [1.165, 1.54) is 4.31 Å². The fourth-order valence-corrected chi connectivity index (χ4v) is 2.80. The van der Waals surface area contributed by atoms with Crippen LogP contribution < -0.4 is 4.72 Å². The molecule has 0 radical (unpaired) electrons. The van der Waals surface area contributed by atoms with Crippen LogP contribution in [0.1, 0.15) is 13.8 Å². The third kappa shape index (κ3) is 3.47. The Hall–Kier alpha value is -0.590. The van der Waals surface area contributed by atoms with Crippen LogP contribution in [0.2, 0.25) is 0 Å². The molecule has 1 aromatic rings. The van der Waals surface area contributed by atoms with E-state index in [1.54, 1.807) is 24.3 Å². The molecule has 4 nitrogen and oxygen atoms in total. The highest BCUT2D eigenvalue weighted by Gasteiger charge is 2.17. The molecular formula is C10H15BrN2O2S. The van der Waals surface area contributed by atoms with Crippen molar-refractivity contribution in [2.24, 2.45) is 0 Å². The fraction of sp³-hybridized carbons (Fsp3) is 0.400. The van der Waals surface area contributed by atoms with Gasteiger partial charge >= 0.3 is 10.2 Å². The summed E-state index contributed by atoms with van der Waals surface area (Å²) in [4.78, 5) is 0. The minimum absolute atomic E-state index is 0.461. The summed E-state index contributed by atoms with van der Waals surface area (Å²) >= 11 is 3.29. The minimum atomic E-state index is -3.42. The first-order valence-electron chi connectivity index (χ1n) is 5.03. The normalized spacial score (nSPS) is 11.8. The summed E-state index contributed by atoms with van der Waals surface area (Å²) in [5.74, 6) is 0. The lowest BCUT2D eigenvalue weighted by Gasteiger charge is -2.19. The second-order valence-electron chi connectivity index (χ2n) is 3.20. The zero-order valence-corrected chi connectivity index (χ0v) is 11.7. The van der Waals surface area contributed by atoms with Crippen molar-refractivity contribution in [2.45, 2.75) is 13.8 Å². The van der Waals surface area contributed by atoms with Gasteiger partial charge in [0.25, 0.3) is 0 Å². The number of nitrogens with one attached hydrogen (secondary N) is 1. The Balaban J connectivity index is 2.84. The van der Waals surface area contributed by atoms with Gasteiger partial charge in [0.05, 0.1) is 0 Å². The summed E-state index contributed by atoms with van der Waals surface area (Å²) < 4.78 is 28.5. The van der Waals surface area contributed by atoms with Crippen LogP contribution in [0.25, 0.3) is 0 Å². The molecule has 0 saturated carbocycles. The Bertz CT molecular complexity index is 427. The predicted octanol–water partition coefficient (Wildman–Crippen LogP) is 2.45. The van der Waals surface area contributed by atoms with Gasteiger partial charge in [-0.3, -0.25) is 4.72 Å². The second-order valence-corrected chi connectivity index (χ2v) is 5.78. The van der Waals surface area contributed by atoms with Gasteiger partial charge in [-0.05, 0) is 24.3 Å². The lowest BCUT2D eigenvalue weighted by Crippen LogP contribution is -2.35. The Kier molecular flexibility index (Phi) is 4.76. The average molecular weight is 307 g/mol. The van der Waals surface area contributed by atoms with E-state index in [0.717, 1.165) is 4.47 Å². The van der Waals surface area contributed by atoms with Crippen LogP contribution in [0, 0.1) is 0 Å². The molecule has 0 saturated heterocycles. The van der Waals surface area contributed by atoms with Crippen molar-refractivity contribution in [3.05, 3.63) is 28.7 Å². The number of hydrogen-bond acceptors (Lipinski definition) is 2. The Labute approximate surface area is 105 Å². The third-order valence-electron chi connectivity index (χ3n) is 2.14. The van der Waals surface area contributed by atoms with Crippen LogP contribution in [0.5, 0.6) is 0 Å². The molecule has 1 N–H and O–H groups in total. The molecule has 0 heterocycles. The summed E-state index contributed by atoms with van der Waals surface area (Å²) in [7, 11) is -3.42. The zero-order valence-electron chi connectivity index (χ0n) is 9.27. The summed E-state index contributed by atoms with van der Waals surface area (Å²) in [5, 5.41) is 0. The first kappa shape index (κ1) is 13.5. The SMILES string of the molecule is CCN(CC)S(=O)(=O)Nc1ccc(Br)cc1. The molecule has 0 unspecified atom stereocenters. The van der Waals surface area contributed by atoms with Crippen LogP contribution in [0.3, 0.4) is 0 Å². The standard InChI is InChI=1S/C10H15BrN2O2S/c1-3-13(4-2)16(14,15)12-10-7-5-9(11)6-8-10/h5-8,12H,3-4H2,1-2H3. The molecular weight excluding hydrogens is 292 g/mol. The quantitative estimate of drug-likeness (QED) is 0.908. The molecule has 1 aromatic carbocycles. The predicted molar refractivity (Wildman–Crippen MR) is 69.6 cm³/mol. The molecule has 1 rings (SSSR count). The van der Waals surface area contributed by atoms with Crippen LogP contribution in [0.4, 0.5) is 5.69 Å². The number of rotatable bonds is 5. The topological polar surface area (TPSA) is 49.4 Å². The number of benzene rings is 1. The third-order valence-corrected chi connectivity index (χ3v) is 4.35. The number of halogens is 1. The molecule has 6 heteroatoms. The molecule has 0 amide bonds. The molecule has 16 heavy (non-hydrogen) atoms. The van der Waals surface area contributed by atoms with E-state index in [-0.39, 0.29) is 0 Å². The molecule has 0 bridgehead atoms. The van der Waals surface area contributed by atoms with Gasteiger partial charge in [-0.2, -0.15) is 12.7 Å².